The molecule has 3 aromatic rings. The molecule has 0 saturated carbocycles. The Morgan fingerprint density at radius 3 is 2.24 bits per heavy atom. The molecule has 3 rings (SSSR count). The van der Waals surface area contributed by atoms with Gasteiger partial charge in [-0.2, -0.15) is 0 Å². The van der Waals surface area contributed by atoms with Crippen LogP contribution in [0.1, 0.15) is 48.1 Å². The van der Waals surface area contributed by atoms with Gasteiger partial charge in [0, 0.05) is 11.1 Å². The number of hydrazine groups is 1. The monoisotopic (exact) mass is 391 g/mol. The SMILES string of the molecule is Cc1oc(-c2ccccc2)nc1CC(=O)NNC(=O)c1ccc(C(C)(C)C)cc1. The normalized spacial score (nSPS) is 11.2. The number of carbonyl (C=O) groups excluding carboxylic acids is 2. The summed E-state index contributed by atoms with van der Waals surface area (Å²) < 4.78 is 5.66. The summed E-state index contributed by atoms with van der Waals surface area (Å²) in [7, 11) is 0. The van der Waals surface area contributed by atoms with E-state index in [1.807, 2.05) is 42.5 Å². The van der Waals surface area contributed by atoms with Crippen LogP contribution in [0.5, 0.6) is 0 Å². The van der Waals surface area contributed by atoms with Gasteiger partial charge in [0.1, 0.15) is 5.76 Å². The van der Waals surface area contributed by atoms with Crippen LogP contribution in [0.25, 0.3) is 11.5 Å². The van der Waals surface area contributed by atoms with Crippen molar-refractivity contribution in [1.82, 2.24) is 15.8 Å². The van der Waals surface area contributed by atoms with Gasteiger partial charge in [0.25, 0.3) is 5.91 Å². The lowest BCUT2D eigenvalue weighted by Crippen LogP contribution is -2.42. The third kappa shape index (κ3) is 5.10. The van der Waals surface area contributed by atoms with E-state index >= 15 is 0 Å². The van der Waals surface area contributed by atoms with Crippen molar-refractivity contribution in [2.45, 2.75) is 39.5 Å². The van der Waals surface area contributed by atoms with Gasteiger partial charge in [0.2, 0.25) is 11.8 Å². The highest BCUT2D eigenvalue weighted by atomic mass is 16.4. The van der Waals surface area contributed by atoms with Crippen LogP contribution in [0.2, 0.25) is 0 Å². The Balaban J connectivity index is 1.57. The van der Waals surface area contributed by atoms with Gasteiger partial charge in [0.15, 0.2) is 0 Å². The molecule has 2 N–H and O–H groups in total. The van der Waals surface area contributed by atoms with Crippen LogP contribution >= 0.6 is 0 Å². The Morgan fingerprint density at radius 2 is 1.62 bits per heavy atom. The van der Waals surface area contributed by atoms with Gasteiger partial charge < -0.3 is 4.42 Å². The number of oxazole rings is 1. The summed E-state index contributed by atoms with van der Waals surface area (Å²) in [5.41, 5.74) is 7.86. The van der Waals surface area contributed by atoms with Crippen molar-refractivity contribution in [2.24, 2.45) is 0 Å². The largest absolute Gasteiger partial charge is 0.441 e. The lowest BCUT2D eigenvalue weighted by Gasteiger charge is -2.19. The van der Waals surface area contributed by atoms with Crippen LogP contribution in [0.4, 0.5) is 0 Å². The number of nitrogens with zero attached hydrogens (tertiary/aromatic N) is 1. The Hall–Kier alpha value is -3.41. The first-order valence-corrected chi connectivity index (χ1v) is 9.45. The average molecular weight is 391 g/mol. The third-order valence-electron chi connectivity index (χ3n) is 4.57. The number of nitrogens with one attached hydrogen (secondary N) is 2. The molecule has 0 aliphatic carbocycles. The zero-order valence-corrected chi connectivity index (χ0v) is 17.1. The minimum absolute atomic E-state index is 0.00537. The maximum absolute atomic E-state index is 12.3. The molecule has 1 aromatic heterocycles. The Morgan fingerprint density at radius 1 is 0.966 bits per heavy atom. The number of hydrogen-bond donors (Lipinski definition) is 2. The molecule has 0 fully saturated rings. The van der Waals surface area contributed by atoms with Gasteiger partial charge in [0.05, 0.1) is 12.1 Å². The maximum Gasteiger partial charge on any atom is 0.269 e. The van der Waals surface area contributed by atoms with E-state index in [0.29, 0.717) is 22.9 Å². The summed E-state index contributed by atoms with van der Waals surface area (Å²) in [5, 5.41) is 0. The van der Waals surface area contributed by atoms with Crippen molar-refractivity contribution in [1.29, 1.82) is 0 Å². The van der Waals surface area contributed by atoms with Crippen molar-refractivity contribution >= 4 is 11.8 Å². The summed E-state index contributed by atoms with van der Waals surface area (Å²) in [6.45, 7) is 8.09. The lowest BCUT2D eigenvalue weighted by atomic mass is 9.87. The second-order valence-electron chi connectivity index (χ2n) is 7.89. The molecular formula is C23H25N3O3. The number of carbonyl (C=O) groups is 2. The molecular weight excluding hydrogens is 366 g/mol. The second kappa shape index (κ2) is 8.31. The molecule has 0 bridgehead atoms. The predicted octanol–water partition coefficient (Wildman–Crippen LogP) is 3.95. The van der Waals surface area contributed by atoms with Crippen LogP contribution in [-0.4, -0.2) is 16.8 Å². The van der Waals surface area contributed by atoms with E-state index in [4.69, 9.17) is 4.42 Å². The van der Waals surface area contributed by atoms with Crippen LogP contribution in [-0.2, 0) is 16.6 Å². The molecule has 0 aliphatic heterocycles. The van der Waals surface area contributed by atoms with Crippen molar-refractivity contribution < 1.29 is 14.0 Å². The number of benzene rings is 2. The highest BCUT2D eigenvalue weighted by Gasteiger charge is 2.16. The van der Waals surface area contributed by atoms with Gasteiger partial charge in [-0.05, 0) is 42.2 Å². The summed E-state index contributed by atoms with van der Waals surface area (Å²) in [5.74, 6) is 0.290. The molecule has 0 spiro atoms. The Bertz CT molecular complexity index is 1000. The van der Waals surface area contributed by atoms with E-state index in [-0.39, 0.29) is 23.7 Å². The first kappa shape index (κ1) is 20.3. The van der Waals surface area contributed by atoms with E-state index in [1.165, 1.54) is 0 Å². The number of hydrogen-bond acceptors (Lipinski definition) is 4. The molecule has 6 heteroatoms. The second-order valence-corrected chi connectivity index (χ2v) is 7.89. The smallest absolute Gasteiger partial charge is 0.269 e. The van der Waals surface area contributed by atoms with E-state index in [1.54, 1.807) is 19.1 Å². The standard InChI is InChI=1S/C23H25N3O3/c1-15-19(24-22(29-15)17-8-6-5-7-9-17)14-20(27)25-26-21(28)16-10-12-18(13-11-16)23(2,3)4/h5-13H,14H2,1-4H3,(H,25,27)(H,26,28). The molecule has 0 aliphatic rings. The molecule has 0 atom stereocenters. The molecule has 2 aromatic carbocycles. The van der Waals surface area contributed by atoms with E-state index in [2.05, 4.69) is 36.6 Å². The van der Waals surface area contributed by atoms with Gasteiger partial charge >= 0.3 is 0 Å². The zero-order chi connectivity index (χ0) is 21.0. The lowest BCUT2D eigenvalue weighted by molar-refractivity contribution is -0.121. The molecule has 0 radical (unpaired) electrons. The van der Waals surface area contributed by atoms with Crippen molar-refractivity contribution in [3.8, 4) is 11.5 Å². The highest BCUT2D eigenvalue weighted by Crippen LogP contribution is 2.22. The van der Waals surface area contributed by atoms with Gasteiger partial charge in [-0.1, -0.05) is 51.1 Å². The summed E-state index contributed by atoms with van der Waals surface area (Å²) >= 11 is 0. The van der Waals surface area contributed by atoms with Gasteiger partial charge in [-0.3, -0.25) is 20.4 Å². The Labute approximate surface area is 170 Å². The maximum atomic E-state index is 12.3. The first-order chi connectivity index (χ1) is 13.7. The summed E-state index contributed by atoms with van der Waals surface area (Å²) in [6.07, 6.45) is 0.00537. The number of aromatic nitrogens is 1. The van der Waals surface area contributed by atoms with Crippen LogP contribution in [0.3, 0.4) is 0 Å². The third-order valence-corrected chi connectivity index (χ3v) is 4.57. The van der Waals surface area contributed by atoms with Crippen LogP contribution in [0.15, 0.2) is 59.0 Å². The quantitative estimate of drug-likeness (QED) is 0.660. The molecule has 29 heavy (non-hydrogen) atoms. The number of amides is 2. The first-order valence-electron chi connectivity index (χ1n) is 9.45. The molecule has 2 amide bonds. The van der Waals surface area contributed by atoms with Gasteiger partial charge in [-0.25, -0.2) is 4.98 Å². The molecule has 0 unspecified atom stereocenters. The molecule has 6 nitrogen and oxygen atoms in total. The van der Waals surface area contributed by atoms with E-state index < -0.39 is 0 Å². The predicted molar refractivity (Wildman–Crippen MR) is 111 cm³/mol. The van der Waals surface area contributed by atoms with Gasteiger partial charge in [-0.15, -0.1) is 0 Å². The van der Waals surface area contributed by atoms with Crippen molar-refractivity contribution in [3.05, 3.63) is 77.2 Å². The van der Waals surface area contributed by atoms with Crippen molar-refractivity contribution in [2.75, 3.05) is 0 Å². The fourth-order valence-corrected chi connectivity index (χ4v) is 2.81. The molecule has 150 valence electrons. The Kier molecular flexibility index (Phi) is 5.82. The summed E-state index contributed by atoms with van der Waals surface area (Å²) in [4.78, 5) is 28.9. The zero-order valence-electron chi connectivity index (χ0n) is 17.1. The van der Waals surface area contributed by atoms with Crippen LogP contribution in [0, 0.1) is 6.92 Å². The van der Waals surface area contributed by atoms with E-state index in [9.17, 15) is 9.59 Å². The van der Waals surface area contributed by atoms with E-state index in [0.717, 1.165) is 11.1 Å². The summed E-state index contributed by atoms with van der Waals surface area (Å²) in [6, 6.07) is 16.8. The minimum atomic E-state index is -0.374. The number of rotatable bonds is 4. The topological polar surface area (TPSA) is 84.2 Å². The van der Waals surface area contributed by atoms with Crippen LogP contribution < -0.4 is 10.9 Å². The average Bonchev–Trinajstić information content (AvgIpc) is 3.06. The fraction of sp³-hybridized carbons (Fsp3) is 0.261. The highest BCUT2D eigenvalue weighted by molar-refractivity contribution is 5.95. The molecule has 1 heterocycles. The number of aryl methyl sites for hydroxylation is 1. The minimum Gasteiger partial charge on any atom is -0.441 e. The van der Waals surface area contributed by atoms with Crippen molar-refractivity contribution in [3.63, 3.8) is 0 Å². The molecule has 0 saturated heterocycles. The fourth-order valence-electron chi connectivity index (χ4n) is 2.81.